The van der Waals surface area contributed by atoms with Crippen molar-refractivity contribution in [1.29, 1.82) is 0 Å². The summed E-state index contributed by atoms with van der Waals surface area (Å²) in [5.74, 6) is -0.910. The molecule has 0 aromatic heterocycles. The van der Waals surface area contributed by atoms with Gasteiger partial charge in [0.2, 0.25) is 0 Å². The second-order valence-electron chi connectivity index (χ2n) is 4.53. The molecule has 0 aliphatic heterocycles. The Kier molecular flexibility index (Phi) is 3.97. The molecular weight excluding hydrogens is 270 g/mol. The summed E-state index contributed by atoms with van der Waals surface area (Å²) in [5.41, 5.74) is 1.10. The van der Waals surface area contributed by atoms with Crippen molar-refractivity contribution in [2.24, 2.45) is 0 Å². The lowest BCUT2D eigenvalue weighted by Gasteiger charge is -2.11. The van der Waals surface area contributed by atoms with Crippen LogP contribution < -0.4 is 5.32 Å². The minimum atomic E-state index is -4.53. The van der Waals surface area contributed by atoms with Crippen molar-refractivity contribution in [3.05, 3.63) is 65.0 Å². The Morgan fingerprint density at radius 3 is 2.20 bits per heavy atom. The molecule has 0 aliphatic rings. The summed E-state index contributed by atoms with van der Waals surface area (Å²) < 4.78 is 50.8. The molecule has 20 heavy (non-hydrogen) atoms. The zero-order valence-corrected chi connectivity index (χ0v) is 10.8. The first kappa shape index (κ1) is 14.4. The molecule has 0 saturated carbocycles. The van der Waals surface area contributed by atoms with E-state index in [1.807, 2.05) is 31.2 Å². The van der Waals surface area contributed by atoms with Gasteiger partial charge in [0.05, 0.1) is 11.3 Å². The van der Waals surface area contributed by atoms with Gasteiger partial charge in [-0.25, -0.2) is 4.39 Å². The molecular formula is C15H13F4N. The zero-order chi connectivity index (χ0) is 14.8. The van der Waals surface area contributed by atoms with Crippen molar-refractivity contribution in [3.8, 4) is 0 Å². The number of hydrogen-bond acceptors (Lipinski definition) is 1. The first-order chi connectivity index (χ1) is 9.36. The second kappa shape index (κ2) is 5.53. The van der Waals surface area contributed by atoms with Crippen LogP contribution in [0.5, 0.6) is 0 Å². The van der Waals surface area contributed by atoms with Gasteiger partial charge in [-0.3, -0.25) is 0 Å². The summed E-state index contributed by atoms with van der Waals surface area (Å²) in [6.07, 6.45) is -4.53. The van der Waals surface area contributed by atoms with E-state index in [9.17, 15) is 17.6 Å². The SMILES string of the molecule is Cc1ccc(CNc2ccc(C(F)(F)F)cc2F)cc1. The van der Waals surface area contributed by atoms with E-state index in [4.69, 9.17) is 0 Å². The van der Waals surface area contributed by atoms with Crippen LogP contribution in [-0.2, 0) is 12.7 Å². The third-order valence-corrected chi connectivity index (χ3v) is 2.90. The van der Waals surface area contributed by atoms with Gasteiger partial charge in [0, 0.05) is 6.54 Å². The van der Waals surface area contributed by atoms with E-state index < -0.39 is 17.6 Å². The number of alkyl halides is 3. The molecule has 0 bridgehead atoms. The number of hydrogen-bond donors (Lipinski definition) is 1. The van der Waals surface area contributed by atoms with Gasteiger partial charge in [0.25, 0.3) is 0 Å². The van der Waals surface area contributed by atoms with E-state index in [0.717, 1.165) is 23.3 Å². The topological polar surface area (TPSA) is 12.0 Å². The van der Waals surface area contributed by atoms with Crippen molar-refractivity contribution in [3.63, 3.8) is 0 Å². The summed E-state index contributed by atoms with van der Waals surface area (Å²) in [4.78, 5) is 0. The molecule has 0 unspecified atom stereocenters. The van der Waals surface area contributed by atoms with Gasteiger partial charge in [-0.15, -0.1) is 0 Å². The van der Waals surface area contributed by atoms with Crippen molar-refractivity contribution in [1.82, 2.24) is 0 Å². The molecule has 2 aromatic rings. The highest BCUT2D eigenvalue weighted by Crippen LogP contribution is 2.31. The van der Waals surface area contributed by atoms with Crippen LogP contribution in [0.25, 0.3) is 0 Å². The molecule has 0 spiro atoms. The van der Waals surface area contributed by atoms with Crippen LogP contribution in [0.4, 0.5) is 23.2 Å². The minimum absolute atomic E-state index is 0.0542. The monoisotopic (exact) mass is 283 g/mol. The van der Waals surface area contributed by atoms with Gasteiger partial charge >= 0.3 is 6.18 Å². The summed E-state index contributed by atoms with van der Waals surface area (Å²) in [5, 5.41) is 2.78. The molecule has 0 amide bonds. The Morgan fingerprint density at radius 2 is 1.65 bits per heavy atom. The average Bonchev–Trinajstić information content (AvgIpc) is 2.38. The molecule has 0 radical (unpaired) electrons. The lowest BCUT2D eigenvalue weighted by molar-refractivity contribution is -0.137. The molecule has 0 heterocycles. The number of rotatable bonds is 3. The molecule has 106 valence electrons. The van der Waals surface area contributed by atoms with Gasteiger partial charge in [-0.05, 0) is 30.7 Å². The van der Waals surface area contributed by atoms with Gasteiger partial charge in [-0.1, -0.05) is 29.8 Å². The molecule has 2 aromatic carbocycles. The van der Waals surface area contributed by atoms with E-state index >= 15 is 0 Å². The highest BCUT2D eigenvalue weighted by Gasteiger charge is 2.31. The number of halogens is 4. The summed E-state index contributed by atoms with van der Waals surface area (Å²) in [7, 11) is 0. The first-order valence-corrected chi connectivity index (χ1v) is 6.02. The van der Waals surface area contributed by atoms with E-state index in [-0.39, 0.29) is 5.69 Å². The highest BCUT2D eigenvalue weighted by molar-refractivity contribution is 5.47. The standard InChI is InChI=1S/C15H13F4N/c1-10-2-4-11(5-3-10)9-20-14-7-6-12(8-13(14)16)15(17,18)19/h2-8,20H,9H2,1H3. The average molecular weight is 283 g/mol. The fourth-order valence-corrected chi connectivity index (χ4v) is 1.74. The van der Waals surface area contributed by atoms with E-state index in [1.54, 1.807) is 0 Å². The molecule has 0 atom stereocenters. The smallest absolute Gasteiger partial charge is 0.379 e. The lowest BCUT2D eigenvalue weighted by atomic mass is 10.1. The first-order valence-electron chi connectivity index (χ1n) is 6.02. The Bertz CT molecular complexity index is 588. The Morgan fingerprint density at radius 1 is 1.00 bits per heavy atom. The van der Waals surface area contributed by atoms with E-state index in [2.05, 4.69) is 5.32 Å². The minimum Gasteiger partial charge on any atom is -0.379 e. The molecule has 1 nitrogen and oxygen atoms in total. The Balaban J connectivity index is 2.08. The van der Waals surface area contributed by atoms with Crippen LogP contribution in [0.1, 0.15) is 16.7 Å². The van der Waals surface area contributed by atoms with Crippen LogP contribution in [0.15, 0.2) is 42.5 Å². The van der Waals surface area contributed by atoms with Crippen LogP contribution in [-0.4, -0.2) is 0 Å². The predicted octanol–water partition coefficient (Wildman–Crippen LogP) is 4.77. The van der Waals surface area contributed by atoms with E-state index in [1.165, 1.54) is 0 Å². The highest BCUT2D eigenvalue weighted by atomic mass is 19.4. The lowest BCUT2D eigenvalue weighted by Crippen LogP contribution is -2.07. The molecule has 0 aliphatic carbocycles. The predicted molar refractivity (Wildman–Crippen MR) is 69.9 cm³/mol. The van der Waals surface area contributed by atoms with Gasteiger partial charge in [-0.2, -0.15) is 13.2 Å². The number of benzene rings is 2. The summed E-state index contributed by atoms with van der Waals surface area (Å²) in [6, 6.07) is 10.1. The summed E-state index contributed by atoms with van der Waals surface area (Å²) >= 11 is 0. The zero-order valence-electron chi connectivity index (χ0n) is 10.8. The van der Waals surface area contributed by atoms with Gasteiger partial charge in [0.1, 0.15) is 5.82 Å². The van der Waals surface area contributed by atoms with Gasteiger partial charge < -0.3 is 5.32 Å². The van der Waals surface area contributed by atoms with Crippen molar-refractivity contribution < 1.29 is 17.6 Å². The Labute approximate surface area is 114 Å². The molecule has 5 heteroatoms. The normalized spacial score (nSPS) is 11.4. The summed E-state index contributed by atoms with van der Waals surface area (Å²) in [6.45, 7) is 2.30. The van der Waals surface area contributed by atoms with Crippen LogP contribution in [0.3, 0.4) is 0 Å². The Hall–Kier alpha value is -2.04. The molecule has 0 fully saturated rings. The maximum Gasteiger partial charge on any atom is 0.416 e. The molecule has 0 saturated heterocycles. The third-order valence-electron chi connectivity index (χ3n) is 2.90. The number of anilines is 1. The third kappa shape index (κ3) is 3.50. The van der Waals surface area contributed by atoms with Crippen LogP contribution >= 0.6 is 0 Å². The fourth-order valence-electron chi connectivity index (χ4n) is 1.74. The van der Waals surface area contributed by atoms with Gasteiger partial charge in [0.15, 0.2) is 0 Å². The maximum absolute atomic E-state index is 13.6. The largest absolute Gasteiger partial charge is 0.416 e. The second-order valence-corrected chi connectivity index (χ2v) is 4.53. The number of aryl methyl sites for hydroxylation is 1. The molecule has 2 rings (SSSR count). The van der Waals surface area contributed by atoms with Crippen molar-refractivity contribution in [2.45, 2.75) is 19.6 Å². The fraction of sp³-hybridized carbons (Fsp3) is 0.200. The number of nitrogens with one attached hydrogen (secondary N) is 1. The maximum atomic E-state index is 13.6. The van der Waals surface area contributed by atoms with E-state index in [0.29, 0.717) is 12.6 Å². The van der Waals surface area contributed by atoms with Crippen LogP contribution in [0.2, 0.25) is 0 Å². The molecule has 1 N–H and O–H groups in total. The van der Waals surface area contributed by atoms with Crippen LogP contribution in [0, 0.1) is 12.7 Å². The van der Waals surface area contributed by atoms with Crippen molar-refractivity contribution in [2.75, 3.05) is 5.32 Å². The quantitative estimate of drug-likeness (QED) is 0.800. The van der Waals surface area contributed by atoms with Crippen molar-refractivity contribution >= 4 is 5.69 Å².